The van der Waals surface area contributed by atoms with Gasteiger partial charge in [-0.15, -0.1) is 0 Å². The van der Waals surface area contributed by atoms with Crippen molar-refractivity contribution in [1.29, 1.82) is 0 Å². The van der Waals surface area contributed by atoms with Crippen molar-refractivity contribution >= 4 is 11.5 Å². The van der Waals surface area contributed by atoms with E-state index in [1.165, 1.54) is 5.56 Å². The highest BCUT2D eigenvalue weighted by Gasteiger charge is 2.36. The van der Waals surface area contributed by atoms with Gasteiger partial charge in [-0.2, -0.15) is 0 Å². The Morgan fingerprint density at radius 1 is 1.09 bits per heavy atom. The van der Waals surface area contributed by atoms with Crippen LogP contribution in [0.3, 0.4) is 0 Å². The molecule has 110 valence electrons. The van der Waals surface area contributed by atoms with Gasteiger partial charge >= 0.3 is 0 Å². The monoisotopic (exact) mass is 289 g/mol. The summed E-state index contributed by atoms with van der Waals surface area (Å²) in [7, 11) is 0. The lowest BCUT2D eigenvalue weighted by atomic mass is 9.80. The molecule has 2 aliphatic rings. The Kier molecular flexibility index (Phi) is 3.11. The van der Waals surface area contributed by atoms with E-state index in [4.69, 9.17) is 0 Å². The number of hydrogen-bond donors (Lipinski definition) is 1. The Labute approximate surface area is 130 Å². The molecule has 2 atom stereocenters. The fraction of sp³-hybridized carbons (Fsp3) is 0.250. The predicted molar refractivity (Wildman–Crippen MR) is 89.0 cm³/mol. The number of Topliss-reactive ketones (excluding diaryl/α,β-unsaturated/α-hetero) is 1. The molecular formula is C20H19NO. The van der Waals surface area contributed by atoms with E-state index in [0.29, 0.717) is 0 Å². The number of carbonyl (C=O) groups excluding carboxylic acids is 1. The highest BCUT2D eigenvalue weighted by molar-refractivity contribution is 6.04. The lowest BCUT2D eigenvalue weighted by Crippen LogP contribution is -2.22. The summed E-state index contributed by atoms with van der Waals surface area (Å²) in [4.78, 5) is 13.0. The van der Waals surface area contributed by atoms with Gasteiger partial charge in [0, 0.05) is 17.2 Å². The maximum Gasteiger partial charge on any atom is 0.168 e. The predicted octanol–water partition coefficient (Wildman–Crippen LogP) is 4.53. The number of fused-ring (bicyclic) bond motifs is 4. The van der Waals surface area contributed by atoms with E-state index in [0.717, 1.165) is 35.2 Å². The number of nitrogens with one attached hydrogen (secondary N) is 1. The number of carbonyl (C=O) groups is 1. The lowest BCUT2D eigenvalue weighted by molar-refractivity contribution is -0.117. The topological polar surface area (TPSA) is 29.1 Å². The first-order valence-electron chi connectivity index (χ1n) is 7.90. The third kappa shape index (κ3) is 2.07. The molecule has 0 aromatic heterocycles. The molecule has 2 aromatic carbocycles. The Morgan fingerprint density at radius 3 is 2.73 bits per heavy atom. The van der Waals surface area contributed by atoms with Crippen molar-refractivity contribution in [3.63, 3.8) is 0 Å². The molecule has 1 N–H and O–H groups in total. The van der Waals surface area contributed by atoms with Gasteiger partial charge in [0.1, 0.15) is 0 Å². The molecule has 0 fully saturated rings. The fourth-order valence-corrected chi connectivity index (χ4v) is 3.64. The summed E-state index contributed by atoms with van der Waals surface area (Å²) < 4.78 is 0. The first-order valence-corrected chi connectivity index (χ1v) is 7.90. The van der Waals surface area contributed by atoms with Gasteiger partial charge in [0.15, 0.2) is 5.78 Å². The Bertz CT molecular complexity index is 761. The first-order chi connectivity index (χ1) is 10.7. The van der Waals surface area contributed by atoms with E-state index in [2.05, 4.69) is 48.6 Å². The minimum Gasteiger partial charge on any atom is -0.374 e. The van der Waals surface area contributed by atoms with Crippen molar-refractivity contribution in [3.05, 3.63) is 76.9 Å². The molecule has 0 radical (unpaired) electrons. The van der Waals surface area contributed by atoms with Crippen LogP contribution in [0.1, 0.15) is 41.5 Å². The number of ketones is 1. The molecule has 2 bridgehead atoms. The molecule has 0 amide bonds. The molecule has 22 heavy (non-hydrogen) atoms. The maximum absolute atomic E-state index is 13.0. The summed E-state index contributed by atoms with van der Waals surface area (Å²) in [5.74, 6) is 0.299. The lowest BCUT2D eigenvalue weighted by Gasteiger charge is -2.23. The molecule has 1 aliphatic carbocycles. The molecule has 2 aromatic rings. The van der Waals surface area contributed by atoms with E-state index >= 15 is 0 Å². The van der Waals surface area contributed by atoms with E-state index in [-0.39, 0.29) is 17.7 Å². The van der Waals surface area contributed by atoms with E-state index in [1.807, 2.05) is 18.2 Å². The van der Waals surface area contributed by atoms with Gasteiger partial charge in [0.25, 0.3) is 0 Å². The summed E-state index contributed by atoms with van der Waals surface area (Å²) in [5, 5.41) is 3.62. The number of anilines is 1. The van der Waals surface area contributed by atoms with Crippen molar-refractivity contribution in [1.82, 2.24) is 0 Å². The first kappa shape index (κ1) is 13.3. The minimum absolute atomic E-state index is 0.0103. The highest BCUT2D eigenvalue weighted by Crippen LogP contribution is 2.43. The van der Waals surface area contributed by atoms with Gasteiger partial charge in [0.05, 0.1) is 6.04 Å². The molecule has 2 unspecified atom stereocenters. The van der Waals surface area contributed by atoms with Gasteiger partial charge in [-0.3, -0.25) is 4.79 Å². The van der Waals surface area contributed by atoms with Crippen LogP contribution in [-0.2, 0) is 4.79 Å². The zero-order chi connectivity index (χ0) is 15.1. The van der Waals surface area contributed by atoms with Gasteiger partial charge in [0.2, 0.25) is 0 Å². The van der Waals surface area contributed by atoms with Crippen LogP contribution in [0, 0.1) is 6.92 Å². The van der Waals surface area contributed by atoms with Gasteiger partial charge in [-0.05, 0) is 37.0 Å². The summed E-state index contributed by atoms with van der Waals surface area (Å²) >= 11 is 0. The van der Waals surface area contributed by atoms with Crippen molar-refractivity contribution in [2.45, 2.75) is 31.7 Å². The van der Waals surface area contributed by atoms with Gasteiger partial charge in [-0.1, -0.05) is 54.1 Å². The molecule has 2 nitrogen and oxygen atoms in total. The maximum atomic E-state index is 13.0. The number of aryl methyl sites for hydroxylation is 1. The van der Waals surface area contributed by atoms with Crippen LogP contribution >= 0.6 is 0 Å². The molecule has 2 heteroatoms. The SMILES string of the molecule is Cc1ccc2c(c1)C1CCC=C(C1=O)C(c1ccccc1)N2. The van der Waals surface area contributed by atoms with Crippen LogP contribution in [-0.4, -0.2) is 5.78 Å². The van der Waals surface area contributed by atoms with Crippen LogP contribution in [0.15, 0.2) is 60.2 Å². The quantitative estimate of drug-likeness (QED) is 0.835. The normalized spacial score (nSPS) is 23.1. The molecular weight excluding hydrogens is 270 g/mol. The third-order valence-electron chi connectivity index (χ3n) is 4.75. The largest absolute Gasteiger partial charge is 0.374 e. The van der Waals surface area contributed by atoms with Gasteiger partial charge < -0.3 is 5.32 Å². The van der Waals surface area contributed by atoms with Crippen molar-refractivity contribution < 1.29 is 4.79 Å². The van der Waals surface area contributed by atoms with E-state index in [9.17, 15) is 4.79 Å². The fourth-order valence-electron chi connectivity index (χ4n) is 3.64. The molecule has 0 saturated heterocycles. The third-order valence-corrected chi connectivity index (χ3v) is 4.75. The average Bonchev–Trinajstić information content (AvgIpc) is 2.61. The smallest absolute Gasteiger partial charge is 0.168 e. The van der Waals surface area contributed by atoms with Crippen LogP contribution in [0.4, 0.5) is 5.69 Å². The van der Waals surface area contributed by atoms with Crippen molar-refractivity contribution in [2.24, 2.45) is 0 Å². The number of allylic oxidation sites excluding steroid dienone is 1. The minimum atomic E-state index is -0.0412. The highest BCUT2D eigenvalue weighted by atomic mass is 16.1. The van der Waals surface area contributed by atoms with E-state index < -0.39 is 0 Å². The molecule has 1 aliphatic heterocycles. The standard InChI is InChI=1S/C20H19NO/c1-13-10-11-18-17(12-13)15-8-5-9-16(20(15)22)19(21-18)14-6-3-2-4-7-14/h2-4,6-7,9-12,15,19,21H,5,8H2,1H3. The van der Waals surface area contributed by atoms with Crippen LogP contribution in [0.5, 0.6) is 0 Å². The summed E-state index contributed by atoms with van der Waals surface area (Å²) in [6.07, 6.45) is 4.02. The van der Waals surface area contributed by atoms with Crippen LogP contribution in [0.25, 0.3) is 0 Å². The van der Waals surface area contributed by atoms with Gasteiger partial charge in [-0.25, -0.2) is 0 Å². The van der Waals surface area contributed by atoms with Crippen molar-refractivity contribution in [3.8, 4) is 0 Å². The second-order valence-electron chi connectivity index (χ2n) is 6.23. The summed E-state index contributed by atoms with van der Waals surface area (Å²) in [6.45, 7) is 2.09. The number of benzene rings is 2. The molecule has 4 rings (SSSR count). The average molecular weight is 289 g/mol. The second-order valence-corrected chi connectivity index (χ2v) is 6.23. The summed E-state index contributed by atoms with van der Waals surface area (Å²) in [6, 6.07) is 16.6. The zero-order valence-corrected chi connectivity index (χ0v) is 12.7. The summed E-state index contributed by atoms with van der Waals surface area (Å²) in [5.41, 5.74) is 5.55. The molecule has 0 saturated carbocycles. The number of hydrogen-bond acceptors (Lipinski definition) is 2. The Hall–Kier alpha value is -2.35. The Morgan fingerprint density at radius 2 is 1.91 bits per heavy atom. The van der Waals surface area contributed by atoms with Crippen LogP contribution < -0.4 is 5.32 Å². The molecule has 0 spiro atoms. The zero-order valence-electron chi connectivity index (χ0n) is 12.7. The Balaban J connectivity index is 1.89. The second kappa shape index (κ2) is 5.13. The van der Waals surface area contributed by atoms with Crippen molar-refractivity contribution in [2.75, 3.05) is 5.32 Å². The number of rotatable bonds is 1. The van der Waals surface area contributed by atoms with E-state index in [1.54, 1.807) is 0 Å². The van der Waals surface area contributed by atoms with Crippen LogP contribution in [0.2, 0.25) is 0 Å². The molecule has 1 heterocycles.